The van der Waals surface area contributed by atoms with Crippen molar-refractivity contribution < 1.29 is 5.11 Å². The Kier molecular flexibility index (Phi) is 3.87. The molecule has 0 spiro atoms. The molecule has 1 N–H and O–H groups in total. The predicted molar refractivity (Wildman–Crippen MR) is 74.4 cm³/mol. The zero-order chi connectivity index (χ0) is 11.6. The quantitative estimate of drug-likeness (QED) is 0.665. The zero-order valence-corrected chi connectivity index (χ0v) is 11.7. The lowest BCUT2D eigenvalue weighted by atomic mass is 9.84. The summed E-state index contributed by atoms with van der Waals surface area (Å²) in [6.45, 7) is 3.01. The van der Waals surface area contributed by atoms with Gasteiger partial charge in [-0.25, -0.2) is 3.11 Å². The first kappa shape index (κ1) is 12.3. The second kappa shape index (κ2) is 5.02. The standard InChI is InChI=1S/C13H18INO/c1-13(16,11-7-3-2-4-8-11)12-9-5-6-10-15(12)14/h2-4,7-8,12,16H,5-6,9-10H2,1H3/t12-,13-/m0/s1. The van der Waals surface area contributed by atoms with Crippen LogP contribution in [-0.2, 0) is 5.60 Å². The molecular formula is C13H18INO. The largest absolute Gasteiger partial charge is 0.384 e. The Bertz CT molecular complexity index is 339. The van der Waals surface area contributed by atoms with Gasteiger partial charge < -0.3 is 5.11 Å². The molecule has 1 aromatic carbocycles. The summed E-state index contributed by atoms with van der Waals surface area (Å²) in [6, 6.07) is 10.2. The van der Waals surface area contributed by atoms with Crippen molar-refractivity contribution in [1.82, 2.24) is 3.11 Å². The van der Waals surface area contributed by atoms with Crippen LogP contribution in [0.25, 0.3) is 0 Å². The molecule has 0 unspecified atom stereocenters. The highest BCUT2D eigenvalue weighted by molar-refractivity contribution is 14.1. The SMILES string of the molecule is C[C@](O)(c1ccccc1)[C@@H]1CCCCN1I. The summed E-state index contributed by atoms with van der Waals surface area (Å²) >= 11 is 2.34. The fraction of sp³-hybridized carbons (Fsp3) is 0.538. The van der Waals surface area contributed by atoms with Gasteiger partial charge in [-0.15, -0.1) is 0 Å². The molecule has 0 aliphatic carbocycles. The highest BCUT2D eigenvalue weighted by Crippen LogP contribution is 2.35. The van der Waals surface area contributed by atoms with Crippen LogP contribution in [0.5, 0.6) is 0 Å². The van der Waals surface area contributed by atoms with Crippen LogP contribution in [0.15, 0.2) is 30.3 Å². The molecule has 1 aliphatic heterocycles. The van der Waals surface area contributed by atoms with Gasteiger partial charge >= 0.3 is 0 Å². The lowest BCUT2D eigenvalue weighted by molar-refractivity contribution is -0.0169. The minimum atomic E-state index is -0.747. The van der Waals surface area contributed by atoms with Crippen molar-refractivity contribution in [2.24, 2.45) is 0 Å². The van der Waals surface area contributed by atoms with Gasteiger partial charge in [0.05, 0.1) is 6.04 Å². The average molecular weight is 331 g/mol. The van der Waals surface area contributed by atoms with Crippen molar-refractivity contribution in [3.05, 3.63) is 35.9 Å². The van der Waals surface area contributed by atoms with Crippen molar-refractivity contribution in [2.45, 2.75) is 37.8 Å². The van der Waals surface area contributed by atoms with E-state index < -0.39 is 5.60 Å². The van der Waals surface area contributed by atoms with Crippen LogP contribution in [0.1, 0.15) is 31.7 Å². The van der Waals surface area contributed by atoms with E-state index in [1.54, 1.807) is 0 Å². The number of benzene rings is 1. The Morgan fingerprint density at radius 1 is 1.31 bits per heavy atom. The Hall–Kier alpha value is -0.130. The molecule has 1 aromatic rings. The predicted octanol–water partition coefficient (Wildman–Crippen LogP) is 3.10. The van der Waals surface area contributed by atoms with Crippen LogP contribution >= 0.6 is 22.9 Å². The normalized spacial score (nSPS) is 26.3. The highest BCUT2D eigenvalue weighted by atomic mass is 127. The number of nitrogens with zero attached hydrogens (tertiary/aromatic N) is 1. The van der Waals surface area contributed by atoms with E-state index in [1.165, 1.54) is 12.8 Å². The van der Waals surface area contributed by atoms with Crippen molar-refractivity contribution in [3.63, 3.8) is 0 Å². The van der Waals surface area contributed by atoms with Gasteiger partial charge in [0.2, 0.25) is 0 Å². The van der Waals surface area contributed by atoms with Gasteiger partial charge in [0.15, 0.2) is 0 Å². The van der Waals surface area contributed by atoms with Gasteiger partial charge in [0.1, 0.15) is 5.60 Å². The summed E-state index contributed by atoms with van der Waals surface area (Å²) in [5, 5.41) is 10.7. The van der Waals surface area contributed by atoms with Crippen LogP contribution in [0, 0.1) is 0 Å². The molecule has 88 valence electrons. The van der Waals surface area contributed by atoms with Gasteiger partial charge in [-0.1, -0.05) is 36.8 Å². The maximum absolute atomic E-state index is 10.7. The topological polar surface area (TPSA) is 23.5 Å². The van der Waals surface area contributed by atoms with Gasteiger partial charge in [0.25, 0.3) is 0 Å². The van der Waals surface area contributed by atoms with Gasteiger partial charge in [-0.3, -0.25) is 0 Å². The van der Waals surface area contributed by atoms with Crippen LogP contribution in [0.4, 0.5) is 0 Å². The molecule has 0 radical (unpaired) electrons. The molecule has 3 heteroatoms. The van der Waals surface area contributed by atoms with Gasteiger partial charge in [0, 0.05) is 29.4 Å². The maximum atomic E-state index is 10.7. The number of halogens is 1. The molecule has 2 atom stereocenters. The average Bonchev–Trinajstić information content (AvgIpc) is 2.30. The first-order valence-electron chi connectivity index (χ1n) is 5.82. The second-order valence-corrected chi connectivity index (χ2v) is 5.89. The molecule has 0 bridgehead atoms. The molecule has 1 saturated heterocycles. The molecule has 1 fully saturated rings. The van der Waals surface area contributed by atoms with Crippen molar-refractivity contribution in [3.8, 4) is 0 Å². The molecule has 2 rings (SSSR count). The van der Waals surface area contributed by atoms with E-state index in [0.29, 0.717) is 0 Å². The van der Waals surface area contributed by atoms with E-state index in [0.717, 1.165) is 18.5 Å². The second-order valence-electron chi connectivity index (χ2n) is 4.65. The van der Waals surface area contributed by atoms with E-state index in [1.807, 2.05) is 37.3 Å². The smallest absolute Gasteiger partial charge is 0.103 e. The molecule has 0 aromatic heterocycles. The minimum absolute atomic E-state index is 0.226. The van der Waals surface area contributed by atoms with E-state index >= 15 is 0 Å². The summed E-state index contributed by atoms with van der Waals surface area (Å²) in [5.74, 6) is 0. The Morgan fingerprint density at radius 2 is 2.00 bits per heavy atom. The van der Waals surface area contributed by atoms with Crippen molar-refractivity contribution in [2.75, 3.05) is 6.54 Å². The van der Waals surface area contributed by atoms with E-state index in [-0.39, 0.29) is 6.04 Å². The number of hydrogen-bond acceptors (Lipinski definition) is 2. The summed E-state index contributed by atoms with van der Waals surface area (Å²) in [6.07, 6.45) is 3.53. The lowest BCUT2D eigenvalue weighted by Crippen LogP contribution is -2.47. The Balaban J connectivity index is 2.23. The Morgan fingerprint density at radius 3 is 2.62 bits per heavy atom. The number of piperidine rings is 1. The van der Waals surface area contributed by atoms with Gasteiger partial charge in [-0.05, 0) is 25.3 Å². The monoisotopic (exact) mass is 331 g/mol. The number of hydrogen-bond donors (Lipinski definition) is 1. The van der Waals surface area contributed by atoms with E-state index in [2.05, 4.69) is 26.0 Å². The summed E-state index contributed by atoms with van der Waals surface area (Å²) in [7, 11) is 0. The maximum Gasteiger partial charge on any atom is 0.103 e. The molecule has 2 nitrogen and oxygen atoms in total. The number of aliphatic hydroxyl groups is 1. The van der Waals surface area contributed by atoms with Crippen LogP contribution in [-0.4, -0.2) is 20.8 Å². The summed E-state index contributed by atoms with van der Waals surface area (Å²) in [5.41, 5.74) is 0.270. The highest BCUT2D eigenvalue weighted by Gasteiger charge is 2.38. The Labute approximate surface area is 111 Å². The molecule has 1 heterocycles. The molecule has 0 amide bonds. The molecule has 16 heavy (non-hydrogen) atoms. The zero-order valence-electron chi connectivity index (χ0n) is 9.56. The lowest BCUT2D eigenvalue weighted by Gasteiger charge is -2.41. The van der Waals surface area contributed by atoms with Crippen molar-refractivity contribution in [1.29, 1.82) is 0 Å². The first-order chi connectivity index (χ1) is 7.62. The molecule has 1 aliphatic rings. The van der Waals surface area contributed by atoms with E-state index in [9.17, 15) is 5.11 Å². The third-order valence-electron chi connectivity index (χ3n) is 3.44. The summed E-state index contributed by atoms with van der Waals surface area (Å²) < 4.78 is 2.26. The van der Waals surface area contributed by atoms with E-state index in [4.69, 9.17) is 0 Å². The molecule has 0 saturated carbocycles. The minimum Gasteiger partial charge on any atom is -0.384 e. The fourth-order valence-electron chi connectivity index (χ4n) is 2.42. The third kappa shape index (κ3) is 2.41. The van der Waals surface area contributed by atoms with Crippen molar-refractivity contribution >= 4 is 22.9 Å². The van der Waals surface area contributed by atoms with Crippen LogP contribution in [0.3, 0.4) is 0 Å². The van der Waals surface area contributed by atoms with Gasteiger partial charge in [-0.2, -0.15) is 0 Å². The van der Waals surface area contributed by atoms with Crippen LogP contribution in [0.2, 0.25) is 0 Å². The number of rotatable bonds is 2. The fourth-order valence-corrected chi connectivity index (χ4v) is 3.58. The summed E-state index contributed by atoms with van der Waals surface area (Å²) in [4.78, 5) is 0. The third-order valence-corrected chi connectivity index (χ3v) is 4.60. The molecular weight excluding hydrogens is 313 g/mol. The van der Waals surface area contributed by atoms with Crippen LogP contribution < -0.4 is 0 Å². The first-order valence-corrected chi connectivity index (χ1v) is 6.79.